The van der Waals surface area contributed by atoms with Crippen molar-refractivity contribution in [1.29, 1.82) is 0 Å². The van der Waals surface area contributed by atoms with Crippen molar-refractivity contribution in [2.75, 3.05) is 13.2 Å². The molecule has 0 saturated carbocycles. The Bertz CT molecular complexity index is 1660. The number of hydrogen-bond acceptors (Lipinski definition) is 10. The van der Waals surface area contributed by atoms with E-state index in [2.05, 4.69) is 86.8 Å². The van der Waals surface area contributed by atoms with Crippen LogP contribution in [0.15, 0.2) is 72.9 Å². The van der Waals surface area contributed by atoms with Crippen LogP contribution in [0.5, 0.6) is 0 Å². The Labute approximate surface area is 521 Å². The Kier molecular flexibility index (Phi) is 57.8. The van der Waals surface area contributed by atoms with Crippen molar-refractivity contribution in [2.24, 2.45) is 0 Å². The SMILES string of the molecule is CCCCC/C=C\C/C=C\C/C=C\C/C=C\CCCCCCCCCCCC(=O)OC1C(OCC(NC(=O)C(O)CCCCCCCCCC/C=C/CCCCCCCC)C(O)/C=C/CCCCCCCCCCCCC)OC(CO)C(O)C1O. The lowest BCUT2D eigenvalue weighted by atomic mass is 9.99. The Morgan fingerprint density at radius 1 is 0.459 bits per heavy atom. The molecule has 85 heavy (non-hydrogen) atoms. The summed E-state index contributed by atoms with van der Waals surface area (Å²) in [6.45, 7) is 5.79. The maximum Gasteiger partial charge on any atom is 0.306 e. The number of esters is 1. The largest absolute Gasteiger partial charge is 0.454 e. The molecule has 494 valence electrons. The molecular weight excluding hydrogens is 1060 g/mol. The molecule has 1 rings (SSSR count). The van der Waals surface area contributed by atoms with Gasteiger partial charge in [-0.15, -0.1) is 0 Å². The average molecular weight is 1200 g/mol. The molecule has 0 bridgehead atoms. The Hall–Kier alpha value is -2.90. The van der Waals surface area contributed by atoms with Crippen LogP contribution in [0.1, 0.15) is 323 Å². The van der Waals surface area contributed by atoms with Crippen molar-refractivity contribution >= 4 is 11.9 Å². The van der Waals surface area contributed by atoms with Crippen LogP contribution in [-0.4, -0.2) is 99.6 Å². The number of ether oxygens (including phenoxy) is 3. The van der Waals surface area contributed by atoms with Crippen molar-refractivity contribution in [3.05, 3.63) is 72.9 Å². The van der Waals surface area contributed by atoms with Gasteiger partial charge in [-0.2, -0.15) is 0 Å². The van der Waals surface area contributed by atoms with Crippen LogP contribution in [0.25, 0.3) is 0 Å². The fourth-order valence-corrected chi connectivity index (χ4v) is 10.9. The van der Waals surface area contributed by atoms with Gasteiger partial charge in [0.15, 0.2) is 12.4 Å². The first-order valence-electron chi connectivity index (χ1n) is 35.7. The van der Waals surface area contributed by atoms with Crippen molar-refractivity contribution in [3.8, 4) is 0 Å². The summed E-state index contributed by atoms with van der Waals surface area (Å²) < 4.78 is 17.7. The highest BCUT2D eigenvalue weighted by atomic mass is 16.7. The number of nitrogens with one attached hydrogen (secondary N) is 1. The van der Waals surface area contributed by atoms with Gasteiger partial charge in [0.05, 0.1) is 25.4 Å². The number of carbonyl (C=O) groups excluding carboxylic acids is 2. The molecule has 0 radical (unpaired) electrons. The highest BCUT2D eigenvalue weighted by Crippen LogP contribution is 2.26. The lowest BCUT2D eigenvalue weighted by Crippen LogP contribution is -2.61. The quantitative estimate of drug-likeness (QED) is 0.0195. The van der Waals surface area contributed by atoms with Gasteiger partial charge in [0.2, 0.25) is 5.91 Å². The molecule has 8 unspecified atom stereocenters. The molecule has 6 N–H and O–H groups in total. The minimum Gasteiger partial charge on any atom is -0.454 e. The summed E-state index contributed by atoms with van der Waals surface area (Å²) in [5, 5.41) is 57.3. The maximum absolute atomic E-state index is 13.5. The number of aliphatic hydroxyl groups is 5. The molecule has 1 aliphatic rings. The standard InChI is InChI=1S/C74H133NO10/c1-4-7-10-13-16-19-22-25-27-29-31-32-33-34-35-36-37-39-41-44-47-50-53-56-59-62-69(79)85-72-71(81)70(80)68(63-76)84-74(72)83-64-65(66(77)60-57-54-51-48-45-42-24-21-18-15-12-9-6-3)75-73(82)67(78)61-58-55-52-49-46-43-40-38-30-28-26-23-20-17-14-11-8-5-2/h16,19,25-28,31-32,34-35,57,60,65-68,70-72,74,76-78,80-81H,4-15,17-18,20-24,29-30,33,36-56,58-59,61-64H2,1-3H3,(H,75,82)/b19-16-,27-25-,28-26+,32-31-,35-34-,60-57+. The van der Waals surface area contributed by atoms with Crippen LogP contribution in [0.2, 0.25) is 0 Å². The second-order valence-electron chi connectivity index (χ2n) is 24.6. The van der Waals surface area contributed by atoms with Crippen LogP contribution in [0.3, 0.4) is 0 Å². The van der Waals surface area contributed by atoms with Crippen molar-refractivity contribution in [3.63, 3.8) is 0 Å². The molecular formula is C74H133NO10. The van der Waals surface area contributed by atoms with E-state index in [-0.39, 0.29) is 19.4 Å². The number of rotatable bonds is 61. The molecule has 1 aliphatic heterocycles. The molecule has 1 saturated heterocycles. The normalized spacial score (nSPS) is 18.8. The predicted octanol–water partition coefficient (Wildman–Crippen LogP) is 18.3. The highest BCUT2D eigenvalue weighted by molar-refractivity contribution is 5.80. The first kappa shape index (κ1) is 80.1. The van der Waals surface area contributed by atoms with Crippen LogP contribution in [0, 0.1) is 0 Å². The van der Waals surface area contributed by atoms with Gasteiger partial charge in [-0.1, -0.05) is 293 Å². The van der Waals surface area contributed by atoms with Gasteiger partial charge in [0.1, 0.15) is 24.4 Å². The third-order valence-corrected chi connectivity index (χ3v) is 16.6. The smallest absolute Gasteiger partial charge is 0.306 e. The Balaban J connectivity index is 2.59. The van der Waals surface area contributed by atoms with Crippen LogP contribution in [0.4, 0.5) is 0 Å². The molecule has 0 spiro atoms. The zero-order valence-electron chi connectivity index (χ0n) is 55.0. The van der Waals surface area contributed by atoms with E-state index in [1.807, 2.05) is 6.08 Å². The predicted molar refractivity (Wildman–Crippen MR) is 356 cm³/mol. The molecule has 11 heteroatoms. The first-order valence-corrected chi connectivity index (χ1v) is 35.7. The summed E-state index contributed by atoms with van der Waals surface area (Å²) in [7, 11) is 0. The van der Waals surface area contributed by atoms with E-state index in [0.717, 1.165) is 96.3 Å². The molecule has 1 amide bonds. The van der Waals surface area contributed by atoms with E-state index in [4.69, 9.17) is 14.2 Å². The summed E-state index contributed by atoms with van der Waals surface area (Å²) in [6, 6.07) is -1.03. The van der Waals surface area contributed by atoms with Crippen LogP contribution < -0.4 is 5.32 Å². The average Bonchev–Trinajstić information content (AvgIpc) is 3.34. The number of aliphatic hydroxyl groups excluding tert-OH is 5. The van der Waals surface area contributed by atoms with E-state index < -0.39 is 67.4 Å². The summed E-state index contributed by atoms with van der Waals surface area (Å²) >= 11 is 0. The summed E-state index contributed by atoms with van der Waals surface area (Å²) in [6.07, 6.45) is 69.3. The van der Waals surface area contributed by atoms with E-state index >= 15 is 0 Å². The van der Waals surface area contributed by atoms with Gasteiger partial charge in [-0.05, 0) is 96.3 Å². The van der Waals surface area contributed by atoms with E-state index in [1.165, 1.54) is 180 Å². The lowest BCUT2D eigenvalue weighted by molar-refractivity contribution is -0.305. The summed E-state index contributed by atoms with van der Waals surface area (Å²) in [5.41, 5.74) is 0. The maximum atomic E-state index is 13.5. The van der Waals surface area contributed by atoms with E-state index in [0.29, 0.717) is 12.8 Å². The minimum atomic E-state index is -1.62. The van der Waals surface area contributed by atoms with Crippen molar-refractivity contribution < 1.29 is 49.3 Å². The molecule has 0 aromatic rings. The van der Waals surface area contributed by atoms with Gasteiger partial charge in [0, 0.05) is 6.42 Å². The van der Waals surface area contributed by atoms with E-state index in [1.54, 1.807) is 6.08 Å². The molecule has 0 aliphatic carbocycles. The fraction of sp³-hybridized carbons (Fsp3) is 0.811. The lowest BCUT2D eigenvalue weighted by Gasteiger charge is -2.41. The minimum absolute atomic E-state index is 0.115. The van der Waals surface area contributed by atoms with Gasteiger partial charge < -0.3 is 45.1 Å². The second-order valence-corrected chi connectivity index (χ2v) is 24.6. The second kappa shape index (κ2) is 61.3. The summed E-state index contributed by atoms with van der Waals surface area (Å²) in [4.78, 5) is 26.7. The van der Waals surface area contributed by atoms with Crippen LogP contribution in [-0.2, 0) is 23.8 Å². The number of hydrogen-bond donors (Lipinski definition) is 6. The number of carbonyl (C=O) groups is 2. The molecule has 1 fully saturated rings. The monoisotopic (exact) mass is 1200 g/mol. The zero-order valence-corrected chi connectivity index (χ0v) is 55.0. The first-order chi connectivity index (χ1) is 41.7. The third-order valence-electron chi connectivity index (χ3n) is 16.6. The Morgan fingerprint density at radius 2 is 0.812 bits per heavy atom. The molecule has 0 aromatic carbocycles. The zero-order chi connectivity index (χ0) is 61.7. The van der Waals surface area contributed by atoms with Gasteiger partial charge in [-0.25, -0.2) is 0 Å². The third kappa shape index (κ3) is 48.7. The number of allylic oxidation sites excluding steroid dienone is 11. The summed E-state index contributed by atoms with van der Waals surface area (Å²) in [5.74, 6) is -1.20. The number of unbranched alkanes of at least 4 members (excludes halogenated alkanes) is 37. The molecule has 11 nitrogen and oxygen atoms in total. The highest BCUT2D eigenvalue weighted by Gasteiger charge is 2.47. The molecule has 0 aromatic heterocycles. The van der Waals surface area contributed by atoms with Gasteiger partial charge >= 0.3 is 5.97 Å². The molecule has 1 heterocycles. The van der Waals surface area contributed by atoms with Crippen molar-refractivity contribution in [2.45, 2.75) is 372 Å². The van der Waals surface area contributed by atoms with Crippen molar-refractivity contribution in [1.82, 2.24) is 5.32 Å². The van der Waals surface area contributed by atoms with Gasteiger partial charge in [0.25, 0.3) is 0 Å². The van der Waals surface area contributed by atoms with Gasteiger partial charge in [-0.3, -0.25) is 9.59 Å². The fourth-order valence-electron chi connectivity index (χ4n) is 10.9. The molecule has 8 atom stereocenters. The van der Waals surface area contributed by atoms with Crippen LogP contribution >= 0.6 is 0 Å². The van der Waals surface area contributed by atoms with E-state index in [9.17, 15) is 35.1 Å². The Morgan fingerprint density at radius 3 is 1.25 bits per heavy atom. The number of amides is 1. The topological polar surface area (TPSA) is 175 Å².